The molecule has 0 aliphatic heterocycles. The van der Waals surface area contributed by atoms with Crippen molar-refractivity contribution in [1.82, 2.24) is 0 Å². The lowest BCUT2D eigenvalue weighted by atomic mass is 9.75. The van der Waals surface area contributed by atoms with Gasteiger partial charge in [0.2, 0.25) is 0 Å². The molecule has 1 fully saturated rings. The molecule has 0 aromatic heterocycles. The number of hydrogen-bond acceptors (Lipinski definition) is 1. The second-order valence-electron chi connectivity index (χ2n) is 4.64. The third-order valence-corrected chi connectivity index (χ3v) is 3.36. The summed E-state index contributed by atoms with van der Waals surface area (Å²) >= 11 is 5.63. The van der Waals surface area contributed by atoms with Crippen LogP contribution in [0.1, 0.15) is 40.0 Å². The Bertz CT molecular complexity index is 147. The van der Waals surface area contributed by atoms with Gasteiger partial charge in [-0.2, -0.15) is 0 Å². The minimum absolute atomic E-state index is 0.348. The summed E-state index contributed by atoms with van der Waals surface area (Å²) in [7, 11) is 0. The van der Waals surface area contributed by atoms with Crippen molar-refractivity contribution in [2.24, 2.45) is 17.8 Å². The maximum atomic E-state index is 5.63. The second-order valence-corrected chi connectivity index (χ2v) is 4.86. The van der Waals surface area contributed by atoms with Crippen LogP contribution in [0.4, 0.5) is 0 Å². The lowest BCUT2D eigenvalue weighted by Crippen LogP contribution is -2.34. The van der Waals surface area contributed by atoms with Gasteiger partial charge in [0.1, 0.15) is 6.07 Å². The molecule has 0 N–H and O–H groups in total. The molecule has 0 bridgehead atoms. The van der Waals surface area contributed by atoms with E-state index >= 15 is 0 Å². The van der Waals surface area contributed by atoms with Gasteiger partial charge < -0.3 is 4.74 Å². The minimum Gasteiger partial charge on any atom is -0.362 e. The largest absolute Gasteiger partial charge is 0.362 e. The van der Waals surface area contributed by atoms with Gasteiger partial charge in [-0.15, -0.1) is 0 Å². The first-order valence-electron chi connectivity index (χ1n) is 5.32. The number of halogens is 1. The van der Waals surface area contributed by atoms with Crippen LogP contribution in [0.25, 0.3) is 0 Å². The van der Waals surface area contributed by atoms with E-state index in [9.17, 15) is 0 Å². The zero-order chi connectivity index (χ0) is 9.84. The second kappa shape index (κ2) is 5.21. The molecule has 0 radical (unpaired) electrons. The molecular weight excluding hydrogens is 184 g/mol. The standard InChI is InChI=1S/C11H21ClO/c1-8(2)10-5-4-9(3)6-11(10)13-7-12/h8-11H,4-7H2,1-3H3/t9?,10-,11?/m0/s1. The predicted molar refractivity (Wildman–Crippen MR) is 56.9 cm³/mol. The van der Waals surface area contributed by atoms with E-state index in [-0.39, 0.29) is 0 Å². The van der Waals surface area contributed by atoms with Crippen LogP contribution in [0.5, 0.6) is 0 Å². The molecule has 1 aliphatic rings. The number of hydrogen-bond donors (Lipinski definition) is 0. The molecule has 0 spiro atoms. The highest BCUT2D eigenvalue weighted by atomic mass is 35.5. The summed E-state index contributed by atoms with van der Waals surface area (Å²) in [5.41, 5.74) is 0. The van der Waals surface area contributed by atoms with Crippen LogP contribution in [0.15, 0.2) is 0 Å². The fourth-order valence-electron chi connectivity index (χ4n) is 2.39. The quantitative estimate of drug-likeness (QED) is 0.638. The molecule has 1 saturated carbocycles. The first-order chi connectivity index (χ1) is 6.15. The van der Waals surface area contributed by atoms with Gasteiger partial charge in [-0.05, 0) is 30.6 Å². The summed E-state index contributed by atoms with van der Waals surface area (Å²) in [6.45, 7) is 6.87. The molecule has 0 heterocycles. The van der Waals surface area contributed by atoms with Gasteiger partial charge in [0.25, 0.3) is 0 Å². The van der Waals surface area contributed by atoms with Gasteiger partial charge in [0.15, 0.2) is 0 Å². The Morgan fingerprint density at radius 2 is 2.08 bits per heavy atom. The molecule has 1 aliphatic carbocycles. The van der Waals surface area contributed by atoms with Gasteiger partial charge in [-0.1, -0.05) is 38.8 Å². The average Bonchev–Trinajstić information content (AvgIpc) is 2.04. The lowest BCUT2D eigenvalue weighted by molar-refractivity contribution is -0.0187. The Labute approximate surface area is 86.8 Å². The van der Waals surface area contributed by atoms with Crippen molar-refractivity contribution in [2.45, 2.75) is 46.1 Å². The van der Waals surface area contributed by atoms with E-state index in [1.807, 2.05) is 0 Å². The Morgan fingerprint density at radius 3 is 2.62 bits per heavy atom. The summed E-state index contributed by atoms with van der Waals surface area (Å²) < 4.78 is 5.59. The first-order valence-corrected chi connectivity index (χ1v) is 5.86. The number of rotatable bonds is 3. The number of ether oxygens (including phenoxy) is 1. The van der Waals surface area contributed by atoms with E-state index in [0.717, 1.165) is 17.8 Å². The highest BCUT2D eigenvalue weighted by Gasteiger charge is 2.30. The maximum absolute atomic E-state index is 5.63. The molecule has 2 heteroatoms. The smallest absolute Gasteiger partial charge is 0.121 e. The Hall–Kier alpha value is 0.250. The first kappa shape index (κ1) is 11.3. The SMILES string of the molecule is CC1CC[C@@H](C(C)C)C(OCCl)C1. The summed E-state index contributed by atoms with van der Waals surface area (Å²) in [6.07, 6.45) is 4.25. The zero-order valence-electron chi connectivity index (χ0n) is 8.92. The van der Waals surface area contributed by atoms with Gasteiger partial charge in [-0.3, -0.25) is 0 Å². The fourth-order valence-corrected chi connectivity index (χ4v) is 2.55. The number of alkyl halides is 1. The van der Waals surface area contributed by atoms with Gasteiger partial charge in [0.05, 0.1) is 6.10 Å². The van der Waals surface area contributed by atoms with E-state index in [4.69, 9.17) is 16.3 Å². The van der Waals surface area contributed by atoms with Crippen molar-refractivity contribution >= 4 is 11.6 Å². The Morgan fingerprint density at radius 1 is 1.38 bits per heavy atom. The van der Waals surface area contributed by atoms with E-state index in [1.54, 1.807) is 0 Å². The zero-order valence-corrected chi connectivity index (χ0v) is 9.68. The highest BCUT2D eigenvalue weighted by molar-refractivity contribution is 6.17. The molecule has 0 amide bonds. The van der Waals surface area contributed by atoms with Crippen LogP contribution in [0.3, 0.4) is 0 Å². The van der Waals surface area contributed by atoms with E-state index in [0.29, 0.717) is 12.2 Å². The molecule has 0 aromatic carbocycles. The normalized spacial score (nSPS) is 35.3. The van der Waals surface area contributed by atoms with Gasteiger partial charge in [-0.25, -0.2) is 0 Å². The van der Waals surface area contributed by atoms with Crippen LogP contribution in [0, 0.1) is 17.8 Å². The molecule has 0 saturated heterocycles. The van der Waals surface area contributed by atoms with Crippen LogP contribution >= 0.6 is 11.6 Å². The van der Waals surface area contributed by atoms with Crippen LogP contribution < -0.4 is 0 Å². The minimum atomic E-state index is 0.348. The maximum Gasteiger partial charge on any atom is 0.121 e. The summed E-state index contributed by atoms with van der Waals surface area (Å²) in [5, 5.41) is 0. The monoisotopic (exact) mass is 204 g/mol. The Balaban J connectivity index is 2.50. The topological polar surface area (TPSA) is 9.23 Å². The van der Waals surface area contributed by atoms with Crippen molar-refractivity contribution in [1.29, 1.82) is 0 Å². The molecule has 1 rings (SSSR count). The van der Waals surface area contributed by atoms with Crippen LogP contribution in [-0.4, -0.2) is 12.2 Å². The third kappa shape index (κ3) is 3.14. The summed E-state index contributed by atoms with van der Waals surface area (Å²) in [6, 6.07) is 0.348. The average molecular weight is 205 g/mol. The molecule has 78 valence electrons. The molecule has 13 heavy (non-hydrogen) atoms. The predicted octanol–water partition coefficient (Wildman–Crippen LogP) is 3.66. The third-order valence-electron chi connectivity index (χ3n) is 3.24. The van der Waals surface area contributed by atoms with Crippen molar-refractivity contribution in [2.75, 3.05) is 6.07 Å². The van der Waals surface area contributed by atoms with Crippen molar-refractivity contribution < 1.29 is 4.74 Å². The van der Waals surface area contributed by atoms with Crippen molar-refractivity contribution in [3.63, 3.8) is 0 Å². The summed E-state index contributed by atoms with van der Waals surface area (Å²) in [4.78, 5) is 0. The molecule has 0 aromatic rings. The van der Waals surface area contributed by atoms with Gasteiger partial charge in [0, 0.05) is 0 Å². The highest BCUT2D eigenvalue weighted by Crippen LogP contribution is 2.35. The molecular formula is C11H21ClO. The fraction of sp³-hybridized carbons (Fsp3) is 1.00. The Kier molecular flexibility index (Phi) is 4.54. The van der Waals surface area contributed by atoms with Crippen LogP contribution in [-0.2, 0) is 4.74 Å². The van der Waals surface area contributed by atoms with Crippen LogP contribution in [0.2, 0.25) is 0 Å². The van der Waals surface area contributed by atoms with E-state index in [2.05, 4.69) is 20.8 Å². The summed E-state index contributed by atoms with van der Waals surface area (Å²) in [5.74, 6) is 2.25. The molecule has 1 nitrogen and oxygen atoms in total. The van der Waals surface area contributed by atoms with Gasteiger partial charge >= 0.3 is 0 Å². The lowest BCUT2D eigenvalue weighted by Gasteiger charge is -2.36. The van der Waals surface area contributed by atoms with E-state index < -0.39 is 0 Å². The van der Waals surface area contributed by atoms with Crippen molar-refractivity contribution in [3.05, 3.63) is 0 Å². The van der Waals surface area contributed by atoms with E-state index in [1.165, 1.54) is 19.3 Å². The molecule has 3 atom stereocenters. The molecule has 2 unspecified atom stereocenters. The van der Waals surface area contributed by atoms with Crippen molar-refractivity contribution in [3.8, 4) is 0 Å².